The van der Waals surface area contributed by atoms with Crippen LogP contribution in [0.25, 0.3) is 0 Å². The monoisotopic (exact) mass is 362 g/mol. The number of carbonyl (C=O) groups excluding carboxylic acids is 1. The highest BCUT2D eigenvalue weighted by atomic mass is 35.5. The standard InChI is InChI=1S/C15H11ClF4N2O2/c16-9-5-6-10(17)12(7-9)22-14(23)8-21-11-3-1-2-4-13(11)24-15(18,19)20/h1-7,21H,8H2,(H,22,23). The summed E-state index contributed by atoms with van der Waals surface area (Å²) in [6.07, 6.45) is -4.86. The minimum absolute atomic E-state index is 0.0310. The highest BCUT2D eigenvalue weighted by Crippen LogP contribution is 2.29. The summed E-state index contributed by atoms with van der Waals surface area (Å²) >= 11 is 5.70. The smallest absolute Gasteiger partial charge is 0.404 e. The molecule has 0 unspecified atom stereocenters. The van der Waals surface area contributed by atoms with E-state index >= 15 is 0 Å². The van der Waals surface area contributed by atoms with Gasteiger partial charge < -0.3 is 15.4 Å². The number of ether oxygens (including phenoxy) is 1. The van der Waals surface area contributed by atoms with Gasteiger partial charge in [-0.25, -0.2) is 4.39 Å². The number of benzene rings is 2. The maximum absolute atomic E-state index is 13.5. The van der Waals surface area contributed by atoms with Crippen LogP contribution in [0.3, 0.4) is 0 Å². The van der Waals surface area contributed by atoms with Crippen LogP contribution in [0.4, 0.5) is 28.9 Å². The third-order valence-electron chi connectivity index (χ3n) is 2.75. The highest BCUT2D eigenvalue weighted by Gasteiger charge is 2.32. The molecular formula is C15H11ClF4N2O2. The largest absolute Gasteiger partial charge is 0.573 e. The van der Waals surface area contributed by atoms with E-state index in [4.69, 9.17) is 11.6 Å². The summed E-state index contributed by atoms with van der Waals surface area (Å²) in [6.45, 7) is -0.399. The van der Waals surface area contributed by atoms with Gasteiger partial charge in [-0.15, -0.1) is 13.2 Å². The molecule has 128 valence electrons. The van der Waals surface area contributed by atoms with Crippen molar-refractivity contribution >= 4 is 28.9 Å². The van der Waals surface area contributed by atoms with Crippen LogP contribution in [0.1, 0.15) is 0 Å². The lowest BCUT2D eigenvalue weighted by Crippen LogP contribution is -2.23. The van der Waals surface area contributed by atoms with Crippen LogP contribution >= 0.6 is 11.6 Å². The molecule has 0 aliphatic carbocycles. The summed E-state index contributed by atoms with van der Waals surface area (Å²) in [4.78, 5) is 11.8. The summed E-state index contributed by atoms with van der Waals surface area (Å²) in [6, 6.07) is 8.86. The van der Waals surface area contributed by atoms with Crippen molar-refractivity contribution in [2.24, 2.45) is 0 Å². The Balaban J connectivity index is 2.01. The van der Waals surface area contributed by atoms with Crippen molar-refractivity contribution in [3.8, 4) is 5.75 Å². The molecule has 0 aliphatic heterocycles. The third kappa shape index (κ3) is 5.31. The predicted octanol–water partition coefficient (Wildman–Crippen LogP) is 4.43. The summed E-state index contributed by atoms with van der Waals surface area (Å²) in [5.74, 6) is -1.83. The highest BCUT2D eigenvalue weighted by molar-refractivity contribution is 6.30. The summed E-state index contributed by atoms with van der Waals surface area (Å²) in [5, 5.41) is 4.99. The second-order valence-corrected chi connectivity index (χ2v) is 5.01. The van der Waals surface area contributed by atoms with E-state index in [1.54, 1.807) is 0 Å². The van der Waals surface area contributed by atoms with Crippen LogP contribution in [0.15, 0.2) is 42.5 Å². The van der Waals surface area contributed by atoms with Gasteiger partial charge in [0.15, 0.2) is 5.75 Å². The molecule has 0 radical (unpaired) electrons. The lowest BCUT2D eigenvalue weighted by molar-refractivity contribution is -0.274. The molecule has 4 nitrogen and oxygen atoms in total. The summed E-state index contributed by atoms with van der Waals surface area (Å²) in [5.41, 5.74) is -0.161. The van der Waals surface area contributed by atoms with Gasteiger partial charge in [0, 0.05) is 5.02 Å². The van der Waals surface area contributed by atoms with Gasteiger partial charge in [-0.2, -0.15) is 0 Å². The van der Waals surface area contributed by atoms with Crippen LogP contribution < -0.4 is 15.4 Å². The Bertz CT molecular complexity index is 738. The number of anilines is 2. The Labute approximate surface area is 139 Å². The minimum Gasteiger partial charge on any atom is -0.404 e. The van der Waals surface area contributed by atoms with E-state index in [0.717, 1.165) is 12.1 Å². The zero-order valence-corrected chi connectivity index (χ0v) is 12.7. The van der Waals surface area contributed by atoms with Gasteiger partial charge in [-0.1, -0.05) is 23.7 Å². The van der Waals surface area contributed by atoms with Crippen LogP contribution in [0, 0.1) is 5.82 Å². The average Bonchev–Trinajstić information content (AvgIpc) is 2.48. The average molecular weight is 363 g/mol. The Morgan fingerprint density at radius 3 is 2.54 bits per heavy atom. The Kier molecular flexibility index (Phi) is 5.50. The predicted molar refractivity (Wildman–Crippen MR) is 81.7 cm³/mol. The fourth-order valence-corrected chi connectivity index (χ4v) is 1.96. The van der Waals surface area contributed by atoms with E-state index in [0.29, 0.717) is 0 Å². The van der Waals surface area contributed by atoms with E-state index in [9.17, 15) is 22.4 Å². The molecule has 2 aromatic carbocycles. The van der Waals surface area contributed by atoms with E-state index in [-0.39, 0.29) is 16.4 Å². The first-order valence-corrected chi connectivity index (χ1v) is 6.96. The molecule has 0 fully saturated rings. The van der Waals surface area contributed by atoms with Gasteiger partial charge in [0.25, 0.3) is 0 Å². The van der Waals surface area contributed by atoms with Crippen molar-refractivity contribution in [1.82, 2.24) is 0 Å². The molecule has 0 bridgehead atoms. The van der Waals surface area contributed by atoms with Gasteiger partial charge in [0.1, 0.15) is 5.82 Å². The number of para-hydroxylation sites is 2. The summed E-state index contributed by atoms with van der Waals surface area (Å²) < 4.78 is 54.3. The molecule has 2 aromatic rings. The third-order valence-corrected chi connectivity index (χ3v) is 2.99. The maximum Gasteiger partial charge on any atom is 0.573 e. The summed E-state index contributed by atoms with van der Waals surface area (Å²) in [7, 11) is 0. The molecule has 9 heteroatoms. The molecule has 0 aliphatic rings. The molecule has 0 aromatic heterocycles. The molecule has 0 saturated heterocycles. The Morgan fingerprint density at radius 2 is 1.83 bits per heavy atom. The van der Waals surface area contributed by atoms with Crippen LogP contribution in [0.2, 0.25) is 5.02 Å². The lowest BCUT2D eigenvalue weighted by Gasteiger charge is -2.14. The second-order valence-electron chi connectivity index (χ2n) is 4.57. The van der Waals surface area contributed by atoms with E-state index < -0.39 is 30.4 Å². The molecule has 0 spiro atoms. The molecule has 1 amide bonds. The van der Waals surface area contributed by atoms with Crippen molar-refractivity contribution in [1.29, 1.82) is 0 Å². The molecule has 2 rings (SSSR count). The van der Waals surface area contributed by atoms with Crippen molar-refractivity contribution in [3.05, 3.63) is 53.3 Å². The molecular weight excluding hydrogens is 352 g/mol. The quantitative estimate of drug-likeness (QED) is 0.774. The minimum atomic E-state index is -4.86. The first-order valence-electron chi connectivity index (χ1n) is 6.58. The second kappa shape index (κ2) is 7.39. The fraction of sp³-hybridized carbons (Fsp3) is 0.133. The number of alkyl halides is 3. The topological polar surface area (TPSA) is 50.4 Å². The van der Waals surface area contributed by atoms with Gasteiger partial charge in [-0.05, 0) is 30.3 Å². The molecule has 0 saturated carbocycles. The molecule has 0 heterocycles. The lowest BCUT2D eigenvalue weighted by atomic mass is 10.3. The van der Waals surface area contributed by atoms with Crippen molar-refractivity contribution in [2.75, 3.05) is 17.2 Å². The van der Waals surface area contributed by atoms with Gasteiger partial charge in [0.05, 0.1) is 17.9 Å². The van der Waals surface area contributed by atoms with Crippen LogP contribution in [-0.4, -0.2) is 18.8 Å². The number of carbonyl (C=O) groups is 1. The SMILES string of the molecule is O=C(CNc1ccccc1OC(F)(F)F)Nc1cc(Cl)ccc1F. The molecule has 0 atom stereocenters. The number of rotatable bonds is 5. The normalized spacial score (nSPS) is 11.0. The van der Waals surface area contributed by atoms with Gasteiger partial charge in [0.2, 0.25) is 5.91 Å². The van der Waals surface area contributed by atoms with E-state index in [1.807, 2.05) is 0 Å². The number of halogens is 5. The van der Waals surface area contributed by atoms with E-state index in [1.165, 1.54) is 30.3 Å². The Hall–Kier alpha value is -2.48. The maximum atomic E-state index is 13.5. The first kappa shape index (κ1) is 17.9. The number of hydrogen-bond acceptors (Lipinski definition) is 3. The first-order chi connectivity index (χ1) is 11.2. The Morgan fingerprint density at radius 1 is 1.12 bits per heavy atom. The fourth-order valence-electron chi connectivity index (χ4n) is 1.79. The number of amides is 1. The zero-order chi connectivity index (χ0) is 17.7. The van der Waals surface area contributed by atoms with E-state index in [2.05, 4.69) is 15.4 Å². The van der Waals surface area contributed by atoms with Gasteiger partial charge in [-0.3, -0.25) is 4.79 Å². The van der Waals surface area contributed by atoms with Gasteiger partial charge >= 0.3 is 6.36 Å². The number of nitrogens with one attached hydrogen (secondary N) is 2. The zero-order valence-electron chi connectivity index (χ0n) is 12.0. The molecule has 24 heavy (non-hydrogen) atoms. The van der Waals surface area contributed by atoms with Crippen molar-refractivity contribution in [3.63, 3.8) is 0 Å². The van der Waals surface area contributed by atoms with Crippen molar-refractivity contribution in [2.45, 2.75) is 6.36 Å². The van der Waals surface area contributed by atoms with Crippen LogP contribution in [0.5, 0.6) is 5.75 Å². The molecule has 2 N–H and O–H groups in total. The number of hydrogen-bond donors (Lipinski definition) is 2. The van der Waals surface area contributed by atoms with Crippen molar-refractivity contribution < 1.29 is 27.1 Å². The van der Waals surface area contributed by atoms with Crippen LogP contribution in [-0.2, 0) is 4.79 Å².